The maximum Gasteiger partial charge on any atom is 0.125 e. The molecule has 0 saturated heterocycles. The van der Waals surface area contributed by atoms with E-state index in [-0.39, 0.29) is 0 Å². The van der Waals surface area contributed by atoms with Crippen LogP contribution in [0.4, 0.5) is 0 Å². The molecule has 1 aromatic heterocycles. The Morgan fingerprint density at radius 3 is 2.81 bits per heavy atom. The van der Waals surface area contributed by atoms with Gasteiger partial charge in [-0.25, -0.2) is 4.98 Å². The summed E-state index contributed by atoms with van der Waals surface area (Å²) in [6.45, 7) is 0. The first-order chi connectivity index (χ1) is 7.81. The molecule has 4 heteroatoms. The summed E-state index contributed by atoms with van der Waals surface area (Å²) in [7, 11) is 0. The number of aromatic nitrogens is 2. The number of para-hydroxylation sites is 1. The molecule has 1 aromatic carbocycles. The lowest BCUT2D eigenvalue weighted by Crippen LogP contribution is -2.18. The Balaban J connectivity index is 2.26. The number of benzene rings is 1. The summed E-state index contributed by atoms with van der Waals surface area (Å²) in [5.41, 5.74) is 2.00. The molecule has 2 nitrogen and oxygen atoms in total. The molecule has 84 valence electrons. The Hall–Kier alpha value is -0.730. The highest BCUT2D eigenvalue weighted by Gasteiger charge is 2.24. The van der Waals surface area contributed by atoms with Crippen LogP contribution in [-0.4, -0.2) is 9.55 Å². The smallest absolute Gasteiger partial charge is 0.125 e. The van der Waals surface area contributed by atoms with E-state index in [2.05, 4.69) is 15.6 Å². The summed E-state index contributed by atoms with van der Waals surface area (Å²) in [5, 5.41) is 0.710. The highest BCUT2D eigenvalue weighted by Crippen LogP contribution is 2.37. The molecule has 2 aromatic rings. The molecule has 1 aliphatic rings. The van der Waals surface area contributed by atoms with Crippen molar-refractivity contribution in [3.8, 4) is 0 Å². The van der Waals surface area contributed by atoms with Gasteiger partial charge in [0, 0.05) is 6.04 Å². The third kappa shape index (κ3) is 1.44. The predicted octanol–water partition coefficient (Wildman–Crippen LogP) is 4.15. The normalized spacial score (nSPS) is 16.6. The van der Waals surface area contributed by atoms with Gasteiger partial charge in [-0.1, -0.05) is 17.7 Å². The summed E-state index contributed by atoms with van der Waals surface area (Å²) >= 11 is 12.1. The third-order valence-electron chi connectivity index (χ3n) is 3.30. The Morgan fingerprint density at radius 1 is 1.38 bits per heavy atom. The van der Waals surface area contributed by atoms with Crippen LogP contribution in [0.25, 0.3) is 11.0 Å². The molecule has 0 aliphatic heterocycles. The van der Waals surface area contributed by atoms with Gasteiger partial charge in [-0.3, -0.25) is 0 Å². The van der Waals surface area contributed by atoms with Gasteiger partial charge >= 0.3 is 0 Å². The lowest BCUT2D eigenvalue weighted by atomic mass is 9.92. The lowest BCUT2D eigenvalue weighted by Gasteiger charge is -2.28. The first-order valence-electron chi connectivity index (χ1n) is 5.52. The van der Waals surface area contributed by atoms with Crippen molar-refractivity contribution in [1.82, 2.24) is 9.55 Å². The minimum absolute atomic E-state index is 0.446. The molecular formula is C12H12Cl2N2. The van der Waals surface area contributed by atoms with Crippen molar-refractivity contribution in [2.75, 3.05) is 0 Å². The average Bonchev–Trinajstić information content (AvgIpc) is 2.57. The number of rotatable bonds is 2. The van der Waals surface area contributed by atoms with E-state index >= 15 is 0 Å². The summed E-state index contributed by atoms with van der Waals surface area (Å²) in [6, 6.07) is 6.49. The lowest BCUT2D eigenvalue weighted by molar-refractivity contribution is 0.315. The Bertz CT molecular complexity index is 529. The molecule has 3 rings (SSSR count). The summed E-state index contributed by atoms with van der Waals surface area (Å²) in [6.07, 6.45) is 3.75. The van der Waals surface area contributed by atoms with Crippen molar-refractivity contribution in [2.24, 2.45) is 0 Å². The van der Waals surface area contributed by atoms with Crippen LogP contribution in [-0.2, 0) is 5.88 Å². The van der Waals surface area contributed by atoms with Crippen LogP contribution in [0.1, 0.15) is 31.1 Å². The van der Waals surface area contributed by atoms with E-state index < -0.39 is 0 Å². The SMILES string of the molecule is ClCc1nc2c(Cl)cccc2n1C1CCC1. The number of hydrogen-bond donors (Lipinski definition) is 0. The van der Waals surface area contributed by atoms with E-state index in [0.29, 0.717) is 16.9 Å². The zero-order valence-electron chi connectivity index (χ0n) is 8.79. The third-order valence-corrected chi connectivity index (χ3v) is 3.85. The molecule has 0 radical (unpaired) electrons. The fourth-order valence-electron chi connectivity index (χ4n) is 2.28. The van der Waals surface area contributed by atoms with Gasteiger partial charge in [0.25, 0.3) is 0 Å². The standard InChI is InChI=1S/C12H12Cl2N2/c13-7-11-15-12-9(14)5-2-6-10(12)16(11)8-3-1-4-8/h2,5-6,8H,1,3-4,7H2. The first kappa shape index (κ1) is 10.4. The fourth-order valence-corrected chi connectivity index (χ4v) is 2.68. The molecule has 0 N–H and O–H groups in total. The second kappa shape index (κ2) is 3.94. The molecule has 16 heavy (non-hydrogen) atoms. The predicted molar refractivity (Wildman–Crippen MR) is 67.2 cm³/mol. The van der Waals surface area contributed by atoms with Crippen LogP contribution in [0.5, 0.6) is 0 Å². The quantitative estimate of drug-likeness (QED) is 0.737. The maximum absolute atomic E-state index is 6.15. The second-order valence-electron chi connectivity index (χ2n) is 4.22. The minimum Gasteiger partial charge on any atom is -0.324 e. The molecule has 0 amide bonds. The van der Waals surface area contributed by atoms with E-state index in [1.165, 1.54) is 19.3 Å². The van der Waals surface area contributed by atoms with Crippen LogP contribution >= 0.6 is 23.2 Å². The zero-order chi connectivity index (χ0) is 11.1. The zero-order valence-corrected chi connectivity index (χ0v) is 10.3. The number of hydrogen-bond acceptors (Lipinski definition) is 1. The topological polar surface area (TPSA) is 17.8 Å². The van der Waals surface area contributed by atoms with Crippen molar-refractivity contribution in [2.45, 2.75) is 31.2 Å². The molecule has 1 saturated carbocycles. The Morgan fingerprint density at radius 2 is 2.19 bits per heavy atom. The number of fused-ring (bicyclic) bond motifs is 1. The summed E-state index contributed by atoms with van der Waals surface area (Å²) in [4.78, 5) is 4.53. The van der Waals surface area contributed by atoms with Gasteiger partial charge in [-0.15, -0.1) is 11.6 Å². The highest BCUT2D eigenvalue weighted by molar-refractivity contribution is 6.35. The van der Waals surface area contributed by atoms with Gasteiger partial charge in [0.15, 0.2) is 0 Å². The average molecular weight is 255 g/mol. The monoisotopic (exact) mass is 254 g/mol. The highest BCUT2D eigenvalue weighted by atomic mass is 35.5. The van der Waals surface area contributed by atoms with Gasteiger partial charge < -0.3 is 4.57 Å². The number of imidazole rings is 1. The van der Waals surface area contributed by atoms with Crippen LogP contribution in [0.15, 0.2) is 18.2 Å². The van der Waals surface area contributed by atoms with Gasteiger partial charge in [-0.05, 0) is 31.4 Å². The van der Waals surface area contributed by atoms with E-state index in [9.17, 15) is 0 Å². The van der Waals surface area contributed by atoms with Gasteiger partial charge in [-0.2, -0.15) is 0 Å². The molecule has 0 atom stereocenters. The summed E-state index contributed by atoms with van der Waals surface area (Å²) < 4.78 is 2.26. The summed E-state index contributed by atoms with van der Waals surface area (Å²) in [5.74, 6) is 1.39. The molecule has 1 heterocycles. The van der Waals surface area contributed by atoms with Crippen molar-refractivity contribution in [3.05, 3.63) is 29.0 Å². The van der Waals surface area contributed by atoms with Crippen molar-refractivity contribution in [1.29, 1.82) is 0 Å². The van der Waals surface area contributed by atoms with Crippen LogP contribution in [0, 0.1) is 0 Å². The number of alkyl halides is 1. The molecular weight excluding hydrogens is 243 g/mol. The Kier molecular flexibility index (Phi) is 2.56. The van der Waals surface area contributed by atoms with Crippen LogP contribution in [0.2, 0.25) is 5.02 Å². The molecule has 0 bridgehead atoms. The van der Waals surface area contributed by atoms with Crippen molar-refractivity contribution < 1.29 is 0 Å². The van der Waals surface area contributed by atoms with E-state index in [4.69, 9.17) is 23.2 Å². The number of halogens is 2. The van der Waals surface area contributed by atoms with Gasteiger partial charge in [0.1, 0.15) is 11.3 Å². The van der Waals surface area contributed by atoms with Gasteiger partial charge in [0.05, 0.1) is 16.4 Å². The molecule has 0 spiro atoms. The van der Waals surface area contributed by atoms with E-state index in [1.54, 1.807) is 0 Å². The maximum atomic E-state index is 6.15. The fraction of sp³-hybridized carbons (Fsp3) is 0.417. The molecule has 0 unspecified atom stereocenters. The van der Waals surface area contributed by atoms with Crippen molar-refractivity contribution in [3.63, 3.8) is 0 Å². The second-order valence-corrected chi connectivity index (χ2v) is 4.90. The van der Waals surface area contributed by atoms with Crippen molar-refractivity contribution >= 4 is 34.2 Å². The van der Waals surface area contributed by atoms with E-state index in [1.807, 2.05) is 12.1 Å². The molecule has 1 fully saturated rings. The number of nitrogens with zero attached hydrogens (tertiary/aromatic N) is 2. The molecule has 1 aliphatic carbocycles. The van der Waals surface area contributed by atoms with E-state index in [0.717, 1.165) is 16.9 Å². The minimum atomic E-state index is 0.446. The van der Waals surface area contributed by atoms with Crippen LogP contribution in [0.3, 0.4) is 0 Å². The first-order valence-corrected chi connectivity index (χ1v) is 6.44. The van der Waals surface area contributed by atoms with Crippen LogP contribution < -0.4 is 0 Å². The largest absolute Gasteiger partial charge is 0.324 e. The Labute approximate surface area is 104 Å². The van der Waals surface area contributed by atoms with Gasteiger partial charge in [0.2, 0.25) is 0 Å².